The van der Waals surface area contributed by atoms with E-state index in [9.17, 15) is 9.59 Å². The molecule has 1 unspecified atom stereocenters. The largest absolute Gasteiger partial charge is 0.303 e. The van der Waals surface area contributed by atoms with Crippen LogP contribution in [0, 0.1) is 0 Å². The summed E-state index contributed by atoms with van der Waals surface area (Å²) in [6.07, 6.45) is 9.85. The molecule has 0 aromatic heterocycles. The van der Waals surface area contributed by atoms with E-state index in [1.54, 1.807) is 7.05 Å². The molecule has 20 heavy (non-hydrogen) atoms. The molecule has 1 aliphatic heterocycles. The predicted molar refractivity (Wildman–Crippen MR) is 81.4 cm³/mol. The van der Waals surface area contributed by atoms with Gasteiger partial charge in [-0.2, -0.15) is 0 Å². The Morgan fingerprint density at radius 1 is 1.10 bits per heavy atom. The van der Waals surface area contributed by atoms with Crippen molar-refractivity contribution < 1.29 is 9.59 Å². The van der Waals surface area contributed by atoms with Crippen LogP contribution in [0.15, 0.2) is 0 Å². The molecule has 1 fully saturated rings. The molecule has 4 nitrogen and oxygen atoms in total. The number of carbonyl (C=O) groups is 2. The molecule has 1 N–H and O–H groups in total. The number of hydrogen-bond donors (Lipinski definition) is 1. The van der Waals surface area contributed by atoms with Gasteiger partial charge in [-0.1, -0.05) is 52.4 Å². The standard InChI is InChI=1S/C16H30N2O2/c1-4-6-8-10-13(11-9-7-5-2)17-14-12-15(19)18(3)16(14)20/h13-14,17H,4-12H2,1-3H3. The number of carbonyl (C=O) groups excluding carboxylic acids is 2. The average molecular weight is 282 g/mol. The normalized spacial score (nSPS) is 19.4. The number of hydrogen-bond acceptors (Lipinski definition) is 3. The second-order valence-corrected chi connectivity index (χ2v) is 5.90. The van der Waals surface area contributed by atoms with Crippen LogP contribution in [0.5, 0.6) is 0 Å². The average Bonchev–Trinajstić information content (AvgIpc) is 2.66. The summed E-state index contributed by atoms with van der Waals surface area (Å²) in [5, 5.41) is 3.43. The lowest BCUT2D eigenvalue weighted by atomic mass is 10.0. The highest BCUT2D eigenvalue weighted by atomic mass is 16.2. The summed E-state index contributed by atoms with van der Waals surface area (Å²) >= 11 is 0. The first-order valence-electron chi connectivity index (χ1n) is 8.16. The Morgan fingerprint density at radius 3 is 2.05 bits per heavy atom. The van der Waals surface area contributed by atoms with Crippen molar-refractivity contribution in [2.75, 3.05) is 7.05 Å². The molecule has 1 aliphatic rings. The maximum Gasteiger partial charge on any atom is 0.246 e. The highest BCUT2D eigenvalue weighted by Crippen LogP contribution is 2.16. The number of imide groups is 1. The fourth-order valence-electron chi connectivity index (χ4n) is 2.76. The van der Waals surface area contributed by atoms with E-state index in [-0.39, 0.29) is 17.9 Å². The van der Waals surface area contributed by atoms with Crippen molar-refractivity contribution in [2.24, 2.45) is 0 Å². The third kappa shape index (κ3) is 5.23. The Hall–Kier alpha value is -0.900. The van der Waals surface area contributed by atoms with Crippen molar-refractivity contribution in [3.63, 3.8) is 0 Å². The van der Waals surface area contributed by atoms with E-state index in [1.165, 1.54) is 43.4 Å². The fraction of sp³-hybridized carbons (Fsp3) is 0.875. The van der Waals surface area contributed by atoms with Gasteiger partial charge >= 0.3 is 0 Å². The number of unbranched alkanes of at least 4 members (excludes halogenated alkanes) is 4. The van der Waals surface area contributed by atoms with Crippen molar-refractivity contribution in [3.05, 3.63) is 0 Å². The summed E-state index contributed by atoms with van der Waals surface area (Å²) in [5.41, 5.74) is 0. The minimum atomic E-state index is -0.291. The first-order chi connectivity index (χ1) is 9.60. The molecular formula is C16H30N2O2. The van der Waals surface area contributed by atoms with Crippen LogP contribution in [0.2, 0.25) is 0 Å². The van der Waals surface area contributed by atoms with Gasteiger partial charge in [0.15, 0.2) is 0 Å². The highest BCUT2D eigenvalue weighted by Gasteiger charge is 2.36. The van der Waals surface area contributed by atoms with Gasteiger partial charge in [0, 0.05) is 13.1 Å². The lowest BCUT2D eigenvalue weighted by Gasteiger charge is -2.22. The molecule has 116 valence electrons. The number of likely N-dealkylation sites (tertiary alicyclic amines) is 1. The first kappa shape index (κ1) is 17.2. The smallest absolute Gasteiger partial charge is 0.246 e. The summed E-state index contributed by atoms with van der Waals surface area (Å²) in [4.78, 5) is 24.8. The minimum Gasteiger partial charge on any atom is -0.303 e. The molecule has 0 spiro atoms. The number of nitrogens with one attached hydrogen (secondary N) is 1. The summed E-state index contributed by atoms with van der Waals surface area (Å²) in [6.45, 7) is 4.40. The first-order valence-corrected chi connectivity index (χ1v) is 8.16. The van der Waals surface area contributed by atoms with Gasteiger partial charge in [0.1, 0.15) is 0 Å². The maximum absolute atomic E-state index is 12.0. The van der Waals surface area contributed by atoms with Crippen LogP contribution >= 0.6 is 0 Å². The summed E-state index contributed by atoms with van der Waals surface area (Å²) < 4.78 is 0. The van der Waals surface area contributed by atoms with E-state index in [2.05, 4.69) is 19.2 Å². The van der Waals surface area contributed by atoms with Gasteiger partial charge in [-0.05, 0) is 12.8 Å². The Kier molecular flexibility index (Phi) is 7.82. The molecule has 1 rings (SSSR count). The minimum absolute atomic E-state index is 0.0617. The Labute approximate surface area is 123 Å². The summed E-state index contributed by atoms with van der Waals surface area (Å²) in [5.74, 6) is -0.126. The zero-order chi connectivity index (χ0) is 15.0. The molecule has 1 saturated heterocycles. The van der Waals surface area contributed by atoms with Crippen molar-refractivity contribution in [3.8, 4) is 0 Å². The monoisotopic (exact) mass is 282 g/mol. The molecule has 0 radical (unpaired) electrons. The lowest BCUT2D eigenvalue weighted by molar-refractivity contribution is -0.137. The van der Waals surface area contributed by atoms with Crippen LogP contribution in [0.25, 0.3) is 0 Å². The SMILES string of the molecule is CCCCCC(CCCCC)NC1CC(=O)N(C)C1=O. The van der Waals surface area contributed by atoms with Crippen LogP contribution < -0.4 is 5.32 Å². The van der Waals surface area contributed by atoms with E-state index in [1.807, 2.05) is 0 Å². The molecule has 1 heterocycles. The zero-order valence-electron chi connectivity index (χ0n) is 13.3. The molecule has 4 heteroatoms. The van der Waals surface area contributed by atoms with Crippen LogP contribution in [0.1, 0.15) is 71.6 Å². The van der Waals surface area contributed by atoms with Gasteiger partial charge in [-0.25, -0.2) is 0 Å². The second kappa shape index (κ2) is 9.11. The topological polar surface area (TPSA) is 49.4 Å². The quantitative estimate of drug-likeness (QED) is 0.495. The lowest BCUT2D eigenvalue weighted by Crippen LogP contribution is -2.43. The maximum atomic E-state index is 12.0. The van der Waals surface area contributed by atoms with Gasteiger partial charge < -0.3 is 5.32 Å². The molecule has 0 aromatic rings. The van der Waals surface area contributed by atoms with Crippen LogP contribution in [0.3, 0.4) is 0 Å². The number of amides is 2. The predicted octanol–water partition coefficient (Wildman–Crippen LogP) is 2.86. The van der Waals surface area contributed by atoms with Gasteiger partial charge in [0.25, 0.3) is 0 Å². The molecule has 1 atom stereocenters. The number of likely N-dealkylation sites (N-methyl/N-ethyl adjacent to an activating group) is 1. The third-order valence-electron chi connectivity index (χ3n) is 4.13. The third-order valence-corrected chi connectivity index (χ3v) is 4.13. The second-order valence-electron chi connectivity index (χ2n) is 5.90. The highest BCUT2D eigenvalue weighted by molar-refractivity contribution is 6.05. The molecule has 0 aromatic carbocycles. The van der Waals surface area contributed by atoms with E-state index in [4.69, 9.17) is 0 Å². The van der Waals surface area contributed by atoms with Gasteiger partial charge in [-0.3, -0.25) is 14.5 Å². The van der Waals surface area contributed by atoms with E-state index in [0.29, 0.717) is 12.5 Å². The summed E-state index contributed by atoms with van der Waals surface area (Å²) in [6, 6.07) is 0.0853. The van der Waals surface area contributed by atoms with Gasteiger partial charge in [0.05, 0.1) is 12.5 Å². The zero-order valence-corrected chi connectivity index (χ0v) is 13.3. The Balaban J connectivity index is 2.45. The fourth-order valence-corrected chi connectivity index (χ4v) is 2.76. The molecule has 0 bridgehead atoms. The van der Waals surface area contributed by atoms with Crippen molar-refractivity contribution in [1.29, 1.82) is 0 Å². The molecule has 0 aliphatic carbocycles. The summed E-state index contributed by atoms with van der Waals surface area (Å²) in [7, 11) is 1.58. The van der Waals surface area contributed by atoms with Crippen LogP contribution in [0.4, 0.5) is 0 Å². The van der Waals surface area contributed by atoms with E-state index >= 15 is 0 Å². The number of nitrogens with zero attached hydrogens (tertiary/aromatic N) is 1. The van der Waals surface area contributed by atoms with Crippen molar-refractivity contribution in [1.82, 2.24) is 10.2 Å². The Morgan fingerprint density at radius 2 is 1.65 bits per heavy atom. The molecule has 0 saturated carbocycles. The van der Waals surface area contributed by atoms with E-state index in [0.717, 1.165) is 12.8 Å². The van der Waals surface area contributed by atoms with Crippen LogP contribution in [-0.4, -0.2) is 35.8 Å². The van der Waals surface area contributed by atoms with E-state index < -0.39 is 0 Å². The van der Waals surface area contributed by atoms with Crippen LogP contribution in [-0.2, 0) is 9.59 Å². The molecule has 2 amide bonds. The molecular weight excluding hydrogens is 252 g/mol. The van der Waals surface area contributed by atoms with Gasteiger partial charge in [0.2, 0.25) is 11.8 Å². The Bertz CT molecular complexity index is 308. The van der Waals surface area contributed by atoms with Gasteiger partial charge in [-0.15, -0.1) is 0 Å². The van der Waals surface area contributed by atoms with Crippen molar-refractivity contribution >= 4 is 11.8 Å². The number of rotatable bonds is 10. The van der Waals surface area contributed by atoms with Crippen molar-refractivity contribution in [2.45, 2.75) is 83.7 Å².